The molecule has 1 N–H and O–H groups in total. The summed E-state index contributed by atoms with van der Waals surface area (Å²) in [6.45, 7) is 7.41. The molecule has 0 aromatic carbocycles. The van der Waals surface area contributed by atoms with E-state index in [9.17, 15) is 0 Å². The molecule has 1 heterocycles. The molecule has 3 nitrogen and oxygen atoms in total. The summed E-state index contributed by atoms with van der Waals surface area (Å²) < 4.78 is 0. The molecule has 2 atom stereocenters. The Balaban J connectivity index is 1.72. The van der Waals surface area contributed by atoms with E-state index in [1.807, 2.05) is 0 Å². The second-order valence-electron chi connectivity index (χ2n) is 7.21. The molecule has 118 valence electrons. The van der Waals surface area contributed by atoms with Crippen molar-refractivity contribution >= 4 is 0 Å². The number of hydrogen-bond donors (Lipinski definition) is 1. The van der Waals surface area contributed by atoms with Crippen LogP contribution in [0.2, 0.25) is 0 Å². The van der Waals surface area contributed by atoms with E-state index in [0.717, 1.165) is 18.0 Å². The number of likely N-dealkylation sites (tertiary alicyclic amines) is 1. The smallest absolute Gasteiger partial charge is 0.0110 e. The number of piperidine rings is 1. The Bertz CT molecular complexity index is 259. The molecule has 1 aliphatic carbocycles. The Morgan fingerprint density at radius 2 is 1.85 bits per heavy atom. The van der Waals surface area contributed by atoms with Gasteiger partial charge in [-0.3, -0.25) is 0 Å². The largest absolute Gasteiger partial charge is 0.314 e. The van der Waals surface area contributed by atoms with E-state index in [1.165, 1.54) is 71.1 Å². The molecule has 2 unspecified atom stereocenters. The van der Waals surface area contributed by atoms with Gasteiger partial charge in [-0.25, -0.2) is 0 Å². The van der Waals surface area contributed by atoms with Crippen LogP contribution < -0.4 is 5.32 Å². The van der Waals surface area contributed by atoms with Gasteiger partial charge in [0, 0.05) is 18.6 Å². The lowest BCUT2D eigenvalue weighted by Crippen LogP contribution is -2.48. The lowest BCUT2D eigenvalue weighted by molar-refractivity contribution is 0.0890. The molecule has 0 aromatic heterocycles. The molecule has 2 rings (SSSR count). The molecule has 0 aromatic rings. The maximum Gasteiger partial charge on any atom is 0.0110 e. The maximum absolute atomic E-state index is 3.74. The van der Waals surface area contributed by atoms with E-state index in [-0.39, 0.29) is 0 Å². The van der Waals surface area contributed by atoms with E-state index in [0.29, 0.717) is 0 Å². The van der Waals surface area contributed by atoms with E-state index < -0.39 is 0 Å². The van der Waals surface area contributed by atoms with Crippen molar-refractivity contribution in [2.24, 2.45) is 5.92 Å². The Morgan fingerprint density at radius 1 is 1.10 bits per heavy atom. The highest BCUT2D eigenvalue weighted by Crippen LogP contribution is 2.27. The van der Waals surface area contributed by atoms with Crippen molar-refractivity contribution in [3.63, 3.8) is 0 Å². The Morgan fingerprint density at radius 3 is 2.50 bits per heavy atom. The maximum atomic E-state index is 3.74. The fraction of sp³-hybridized carbons (Fsp3) is 1.00. The van der Waals surface area contributed by atoms with Crippen LogP contribution in [-0.4, -0.2) is 62.2 Å². The van der Waals surface area contributed by atoms with Gasteiger partial charge in [0.1, 0.15) is 0 Å². The van der Waals surface area contributed by atoms with Crippen LogP contribution in [0.1, 0.15) is 51.9 Å². The molecule has 1 aliphatic heterocycles. The molecule has 2 fully saturated rings. The molecule has 0 amide bonds. The Kier molecular flexibility index (Phi) is 6.79. The average Bonchev–Trinajstić information content (AvgIpc) is 2.45. The Hall–Kier alpha value is -0.120. The van der Waals surface area contributed by atoms with Gasteiger partial charge in [0.2, 0.25) is 0 Å². The number of nitrogens with one attached hydrogen (secondary N) is 1. The first-order chi connectivity index (χ1) is 9.69. The highest BCUT2D eigenvalue weighted by atomic mass is 15.2. The van der Waals surface area contributed by atoms with Crippen LogP contribution in [0.3, 0.4) is 0 Å². The minimum atomic E-state index is 0.785. The summed E-state index contributed by atoms with van der Waals surface area (Å²) in [5.41, 5.74) is 0. The van der Waals surface area contributed by atoms with Crippen molar-refractivity contribution in [2.45, 2.75) is 64.0 Å². The first kappa shape index (κ1) is 16.3. The summed E-state index contributed by atoms with van der Waals surface area (Å²) in [5.74, 6) is 0.929. The van der Waals surface area contributed by atoms with Gasteiger partial charge >= 0.3 is 0 Å². The summed E-state index contributed by atoms with van der Waals surface area (Å²) >= 11 is 0. The third-order valence-electron chi connectivity index (χ3n) is 5.12. The third-order valence-corrected chi connectivity index (χ3v) is 5.12. The molecular weight excluding hydrogens is 246 g/mol. The second-order valence-corrected chi connectivity index (χ2v) is 7.21. The van der Waals surface area contributed by atoms with Crippen LogP contribution in [0.15, 0.2) is 0 Å². The summed E-state index contributed by atoms with van der Waals surface area (Å²) in [6.07, 6.45) is 9.71. The third kappa shape index (κ3) is 5.01. The van der Waals surface area contributed by atoms with E-state index in [2.05, 4.69) is 36.1 Å². The molecule has 0 bridgehead atoms. The van der Waals surface area contributed by atoms with E-state index in [1.54, 1.807) is 0 Å². The summed E-state index contributed by atoms with van der Waals surface area (Å²) in [4.78, 5) is 5.15. The standard InChI is InChI=1S/C17H35N3/c1-4-10-18-16-6-5-7-17(13-16)20-11-8-15(9-12-20)14-19(2)3/h15-18H,4-14H2,1-3H3. The zero-order valence-electron chi connectivity index (χ0n) is 13.9. The van der Waals surface area contributed by atoms with Crippen molar-refractivity contribution in [3.8, 4) is 0 Å². The fourth-order valence-electron chi connectivity index (χ4n) is 4.05. The molecule has 1 saturated carbocycles. The van der Waals surface area contributed by atoms with Crippen LogP contribution >= 0.6 is 0 Å². The summed E-state index contributed by atoms with van der Waals surface area (Å²) in [7, 11) is 4.41. The van der Waals surface area contributed by atoms with Gasteiger partial charge in [-0.1, -0.05) is 13.3 Å². The summed E-state index contributed by atoms with van der Waals surface area (Å²) in [6, 6.07) is 1.65. The minimum absolute atomic E-state index is 0.785. The van der Waals surface area contributed by atoms with Gasteiger partial charge in [0.05, 0.1) is 0 Å². The van der Waals surface area contributed by atoms with Gasteiger partial charge in [-0.15, -0.1) is 0 Å². The first-order valence-corrected chi connectivity index (χ1v) is 8.81. The summed E-state index contributed by atoms with van der Waals surface area (Å²) in [5, 5.41) is 3.74. The van der Waals surface area contributed by atoms with E-state index >= 15 is 0 Å². The lowest BCUT2D eigenvalue weighted by Gasteiger charge is -2.42. The van der Waals surface area contributed by atoms with Crippen molar-refractivity contribution < 1.29 is 0 Å². The number of nitrogens with zero attached hydrogens (tertiary/aromatic N) is 2. The quantitative estimate of drug-likeness (QED) is 0.807. The predicted octanol–water partition coefficient (Wildman–Crippen LogP) is 2.57. The predicted molar refractivity (Wildman–Crippen MR) is 87.2 cm³/mol. The normalized spacial score (nSPS) is 30.0. The molecular formula is C17H35N3. The van der Waals surface area contributed by atoms with Crippen LogP contribution in [0.25, 0.3) is 0 Å². The van der Waals surface area contributed by atoms with Crippen molar-refractivity contribution in [2.75, 3.05) is 40.3 Å². The molecule has 20 heavy (non-hydrogen) atoms. The molecule has 2 aliphatic rings. The molecule has 0 spiro atoms. The monoisotopic (exact) mass is 281 g/mol. The van der Waals surface area contributed by atoms with Crippen molar-refractivity contribution in [3.05, 3.63) is 0 Å². The topological polar surface area (TPSA) is 18.5 Å². The van der Waals surface area contributed by atoms with Gasteiger partial charge in [0.25, 0.3) is 0 Å². The van der Waals surface area contributed by atoms with Gasteiger partial charge in [-0.2, -0.15) is 0 Å². The van der Waals surface area contributed by atoms with Gasteiger partial charge in [-0.05, 0) is 78.2 Å². The molecule has 1 saturated heterocycles. The van der Waals surface area contributed by atoms with Crippen LogP contribution in [0.4, 0.5) is 0 Å². The first-order valence-electron chi connectivity index (χ1n) is 8.81. The number of rotatable bonds is 6. The van der Waals surface area contributed by atoms with Crippen molar-refractivity contribution in [1.29, 1.82) is 0 Å². The average molecular weight is 281 g/mol. The van der Waals surface area contributed by atoms with Gasteiger partial charge in [0.15, 0.2) is 0 Å². The zero-order valence-corrected chi connectivity index (χ0v) is 13.9. The highest BCUT2D eigenvalue weighted by Gasteiger charge is 2.29. The highest BCUT2D eigenvalue weighted by molar-refractivity contribution is 4.86. The SMILES string of the molecule is CCCNC1CCCC(N2CCC(CN(C)C)CC2)C1. The fourth-order valence-corrected chi connectivity index (χ4v) is 4.05. The van der Waals surface area contributed by atoms with E-state index in [4.69, 9.17) is 0 Å². The zero-order chi connectivity index (χ0) is 14.4. The lowest BCUT2D eigenvalue weighted by atomic mass is 9.87. The second kappa shape index (κ2) is 8.35. The minimum Gasteiger partial charge on any atom is -0.314 e. The van der Waals surface area contributed by atoms with Crippen LogP contribution in [0.5, 0.6) is 0 Å². The van der Waals surface area contributed by atoms with Crippen molar-refractivity contribution in [1.82, 2.24) is 15.1 Å². The van der Waals surface area contributed by atoms with Crippen LogP contribution in [0, 0.1) is 5.92 Å². The molecule has 0 radical (unpaired) electrons. The van der Waals surface area contributed by atoms with Crippen LogP contribution in [-0.2, 0) is 0 Å². The molecule has 3 heteroatoms. The number of hydrogen-bond acceptors (Lipinski definition) is 3. The Labute approximate surface area is 126 Å². The van der Waals surface area contributed by atoms with Gasteiger partial charge < -0.3 is 15.1 Å².